The topological polar surface area (TPSA) is 45.2 Å². The third kappa shape index (κ3) is 4.16. The molecule has 0 atom stereocenters. The Kier molecular flexibility index (Phi) is 5.46. The lowest BCUT2D eigenvalue weighted by Gasteiger charge is -2.18. The summed E-state index contributed by atoms with van der Waals surface area (Å²) in [6, 6.07) is 20.5. The van der Waals surface area contributed by atoms with Gasteiger partial charge in [-0.15, -0.1) is 0 Å². The summed E-state index contributed by atoms with van der Waals surface area (Å²) in [6.07, 6.45) is 1.60. The number of hydrogen-bond donors (Lipinski definition) is 2. The van der Waals surface area contributed by atoms with Crippen molar-refractivity contribution >= 4 is 28.2 Å². The molecule has 0 aliphatic carbocycles. The normalized spacial score (nSPS) is 11.6. The van der Waals surface area contributed by atoms with E-state index in [1.165, 1.54) is 6.07 Å². The predicted molar refractivity (Wildman–Crippen MR) is 121 cm³/mol. The van der Waals surface area contributed by atoms with E-state index in [1.54, 1.807) is 32.2 Å². The average molecular weight is 421 g/mol. The first-order valence-electron chi connectivity index (χ1n) is 9.72. The summed E-state index contributed by atoms with van der Waals surface area (Å²) in [5.74, 6) is -0.257. The van der Waals surface area contributed by atoms with Crippen molar-refractivity contribution in [3.63, 3.8) is 0 Å². The number of benzene rings is 3. The van der Waals surface area contributed by atoms with Gasteiger partial charge in [0.05, 0.1) is 21.8 Å². The van der Waals surface area contributed by atoms with Crippen LogP contribution in [0, 0.1) is 5.82 Å². The van der Waals surface area contributed by atoms with E-state index in [4.69, 9.17) is 11.6 Å². The molecule has 0 fully saturated rings. The van der Waals surface area contributed by atoms with Gasteiger partial charge in [0.25, 0.3) is 0 Å². The van der Waals surface area contributed by atoms with Crippen LogP contribution >= 0.6 is 11.6 Å². The number of nitrogens with one attached hydrogen (secondary N) is 1. The lowest BCUT2D eigenvalue weighted by atomic mass is 9.95. The van der Waals surface area contributed by atoms with Gasteiger partial charge in [0.1, 0.15) is 5.82 Å². The van der Waals surface area contributed by atoms with Gasteiger partial charge in [0.15, 0.2) is 0 Å². The van der Waals surface area contributed by atoms with Crippen LogP contribution in [0.5, 0.6) is 0 Å². The molecule has 4 rings (SSSR count). The second kappa shape index (κ2) is 8.05. The number of aromatic nitrogens is 1. The summed E-state index contributed by atoms with van der Waals surface area (Å²) in [5, 5.41) is 14.8. The van der Waals surface area contributed by atoms with E-state index in [-0.39, 0.29) is 5.82 Å². The van der Waals surface area contributed by atoms with Crippen molar-refractivity contribution < 1.29 is 9.50 Å². The third-order valence-corrected chi connectivity index (χ3v) is 5.45. The second-order valence-corrected chi connectivity index (χ2v) is 8.20. The zero-order chi connectivity index (χ0) is 21.3. The zero-order valence-electron chi connectivity index (χ0n) is 16.8. The van der Waals surface area contributed by atoms with Gasteiger partial charge in [-0.3, -0.25) is 4.98 Å². The number of fused-ring (bicyclic) bond motifs is 1. The Hall–Kier alpha value is -2.95. The molecule has 0 saturated heterocycles. The van der Waals surface area contributed by atoms with Crippen molar-refractivity contribution in [3.8, 4) is 11.1 Å². The molecule has 3 aromatic carbocycles. The summed E-state index contributed by atoms with van der Waals surface area (Å²) in [5.41, 5.74) is 4.07. The Morgan fingerprint density at radius 3 is 2.40 bits per heavy atom. The van der Waals surface area contributed by atoms with Crippen molar-refractivity contribution in [2.45, 2.75) is 26.0 Å². The van der Waals surface area contributed by atoms with Gasteiger partial charge in [-0.25, -0.2) is 4.39 Å². The molecule has 0 radical (unpaired) electrons. The minimum atomic E-state index is -0.886. The highest BCUT2D eigenvalue weighted by molar-refractivity contribution is 6.34. The maximum Gasteiger partial charge on any atom is 0.128 e. The van der Waals surface area contributed by atoms with Crippen LogP contribution < -0.4 is 5.32 Å². The molecule has 0 aliphatic heterocycles. The van der Waals surface area contributed by atoms with E-state index < -0.39 is 5.60 Å². The van der Waals surface area contributed by atoms with Gasteiger partial charge in [-0.05, 0) is 48.7 Å². The van der Waals surface area contributed by atoms with Gasteiger partial charge in [-0.1, -0.05) is 60.1 Å². The van der Waals surface area contributed by atoms with Crippen molar-refractivity contribution in [3.05, 3.63) is 94.9 Å². The van der Waals surface area contributed by atoms with E-state index >= 15 is 0 Å². The molecule has 3 nitrogen and oxygen atoms in total. The van der Waals surface area contributed by atoms with Gasteiger partial charge >= 0.3 is 0 Å². The van der Waals surface area contributed by atoms with Crippen molar-refractivity contribution in [2.75, 3.05) is 5.32 Å². The molecule has 4 aromatic rings. The summed E-state index contributed by atoms with van der Waals surface area (Å²) < 4.78 is 14.0. The van der Waals surface area contributed by atoms with Crippen LogP contribution in [0.25, 0.3) is 22.0 Å². The maximum atomic E-state index is 14.0. The second-order valence-electron chi connectivity index (χ2n) is 7.79. The fourth-order valence-corrected chi connectivity index (χ4v) is 3.64. The van der Waals surface area contributed by atoms with Crippen molar-refractivity contribution in [1.82, 2.24) is 4.98 Å². The van der Waals surface area contributed by atoms with Crippen LogP contribution in [-0.4, -0.2) is 10.1 Å². The Bertz CT molecular complexity index is 1200. The van der Waals surface area contributed by atoms with Gasteiger partial charge < -0.3 is 10.4 Å². The van der Waals surface area contributed by atoms with Gasteiger partial charge in [0, 0.05) is 23.7 Å². The summed E-state index contributed by atoms with van der Waals surface area (Å²) in [7, 11) is 0. The van der Waals surface area contributed by atoms with E-state index in [0.717, 1.165) is 33.3 Å². The van der Waals surface area contributed by atoms with E-state index in [9.17, 15) is 9.50 Å². The molecule has 0 spiro atoms. The SMILES string of the molecule is CC(C)(O)c1ccc(-c2ccc3ncc(Cl)c(NCc4ccccc4F)c3c2)cc1. The molecular weight excluding hydrogens is 399 g/mol. The fraction of sp³-hybridized carbons (Fsp3) is 0.160. The molecule has 0 bridgehead atoms. The molecular formula is C25H22ClFN2O. The molecule has 30 heavy (non-hydrogen) atoms. The minimum absolute atomic E-state index is 0.257. The quantitative estimate of drug-likeness (QED) is 0.385. The Morgan fingerprint density at radius 1 is 1.00 bits per heavy atom. The van der Waals surface area contributed by atoms with Crippen molar-refractivity contribution in [1.29, 1.82) is 0 Å². The first-order chi connectivity index (χ1) is 14.3. The third-order valence-electron chi connectivity index (χ3n) is 5.16. The fourth-order valence-electron chi connectivity index (χ4n) is 3.42. The molecule has 0 unspecified atom stereocenters. The highest BCUT2D eigenvalue weighted by Crippen LogP contribution is 2.34. The monoisotopic (exact) mass is 420 g/mol. The number of rotatable bonds is 5. The first-order valence-corrected chi connectivity index (χ1v) is 10.1. The van der Waals surface area contributed by atoms with E-state index in [2.05, 4.69) is 10.3 Å². The Morgan fingerprint density at radius 2 is 1.70 bits per heavy atom. The Balaban J connectivity index is 1.71. The first kappa shape index (κ1) is 20.3. The van der Waals surface area contributed by atoms with Crippen LogP contribution in [0.3, 0.4) is 0 Å². The molecule has 2 N–H and O–H groups in total. The highest BCUT2D eigenvalue weighted by Gasteiger charge is 2.16. The molecule has 0 aliphatic rings. The predicted octanol–water partition coefficient (Wildman–Crippen LogP) is 6.53. The molecule has 5 heteroatoms. The van der Waals surface area contributed by atoms with E-state index in [1.807, 2.05) is 48.5 Å². The summed E-state index contributed by atoms with van der Waals surface area (Å²) in [6.45, 7) is 3.84. The largest absolute Gasteiger partial charge is 0.386 e. The molecule has 152 valence electrons. The van der Waals surface area contributed by atoms with Crippen LogP contribution in [0.2, 0.25) is 5.02 Å². The smallest absolute Gasteiger partial charge is 0.128 e. The van der Waals surface area contributed by atoms with Crippen LogP contribution in [0.4, 0.5) is 10.1 Å². The number of anilines is 1. The van der Waals surface area contributed by atoms with Gasteiger partial charge in [-0.2, -0.15) is 0 Å². The van der Waals surface area contributed by atoms with E-state index in [0.29, 0.717) is 17.1 Å². The molecule has 1 aromatic heterocycles. The number of aliphatic hydroxyl groups is 1. The number of pyridine rings is 1. The average Bonchev–Trinajstić information content (AvgIpc) is 2.73. The number of hydrogen-bond acceptors (Lipinski definition) is 3. The zero-order valence-corrected chi connectivity index (χ0v) is 17.5. The van der Waals surface area contributed by atoms with Crippen LogP contribution in [0.15, 0.2) is 72.9 Å². The summed E-state index contributed by atoms with van der Waals surface area (Å²) >= 11 is 6.43. The Labute approximate surface area is 180 Å². The summed E-state index contributed by atoms with van der Waals surface area (Å²) in [4.78, 5) is 4.42. The lowest BCUT2D eigenvalue weighted by molar-refractivity contribution is 0.0786. The lowest BCUT2D eigenvalue weighted by Crippen LogP contribution is -2.14. The van der Waals surface area contributed by atoms with Gasteiger partial charge in [0.2, 0.25) is 0 Å². The maximum absolute atomic E-state index is 14.0. The number of nitrogens with zero attached hydrogens (tertiary/aromatic N) is 1. The molecule has 1 heterocycles. The molecule has 0 amide bonds. The standard InChI is InChI=1S/C25H22ClFN2O/c1-25(2,30)19-10-7-16(8-11-19)17-9-12-23-20(13-17)24(21(26)15-28-23)29-14-18-5-3-4-6-22(18)27/h3-13,15,30H,14H2,1-2H3,(H,28,29). The number of halogens is 2. The highest BCUT2D eigenvalue weighted by atomic mass is 35.5. The minimum Gasteiger partial charge on any atom is -0.386 e. The van der Waals surface area contributed by atoms with Crippen molar-refractivity contribution in [2.24, 2.45) is 0 Å². The molecule has 0 saturated carbocycles. The van der Waals surface area contributed by atoms with Crippen LogP contribution in [-0.2, 0) is 12.1 Å². The van der Waals surface area contributed by atoms with Crippen LogP contribution in [0.1, 0.15) is 25.0 Å².